The molecule has 0 saturated heterocycles. The van der Waals surface area contributed by atoms with E-state index < -0.39 is 5.97 Å². The molecule has 1 heterocycles. The standard InChI is InChI=1S/C24H34N2O2/c1-15-11-16(2)22(17(3)12-15)14-26-18(4)21(23(19(26)5)24(27)28)13-25-20-9-7-6-8-10-20/h11-12,20,25H,6-10,13-14H2,1-5H3,(H,27,28). The molecule has 2 N–H and O–H groups in total. The van der Waals surface area contributed by atoms with Crippen LogP contribution in [-0.4, -0.2) is 21.7 Å². The third-order valence-corrected chi connectivity index (χ3v) is 6.45. The Kier molecular flexibility index (Phi) is 6.29. The van der Waals surface area contributed by atoms with Gasteiger partial charge in [0.15, 0.2) is 0 Å². The summed E-state index contributed by atoms with van der Waals surface area (Å²) < 4.78 is 2.19. The van der Waals surface area contributed by atoms with Gasteiger partial charge in [-0.15, -0.1) is 0 Å². The first kappa shape index (κ1) is 20.7. The van der Waals surface area contributed by atoms with Gasteiger partial charge >= 0.3 is 5.97 Å². The van der Waals surface area contributed by atoms with Crippen molar-refractivity contribution in [1.82, 2.24) is 9.88 Å². The predicted molar refractivity (Wildman–Crippen MR) is 114 cm³/mol. The van der Waals surface area contributed by atoms with E-state index in [4.69, 9.17) is 0 Å². The maximum absolute atomic E-state index is 12.0. The third-order valence-electron chi connectivity index (χ3n) is 6.45. The molecule has 28 heavy (non-hydrogen) atoms. The molecule has 1 saturated carbocycles. The Morgan fingerprint density at radius 3 is 2.18 bits per heavy atom. The van der Waals surface area contributed by atoms with E-state index in [1.165, 1.54) is 54.4 Å². The molecule has 1 fully saturated rings. The van der Waals surface area contributed by atoms with E-state index in [0.29, 0.717) is 18.2 Å². The Bertz CT molecular complexity index is 850. The van der Waals surface area contributed by atoms with Crippen molar-refractivity contribution in [3.8, 4) is 0 Å². The quantitative estimate of drug-likeness (QED) is 0.722. The van der Waals surface area contributed by atoms with Gasteiger partial charge in [0.25, 0.3) is 0 Å². The zero-order chi connectivity index (χ0) is 20.4. The van der Waals surface area contributed by atoms with Gasteiger partial charge < -0.3 is 15.0 Å². The van der Waals surface area contributed by atoms with Crippen LogP contribution in [0.25, 0.3) is 0 Å². The van der Waals surface area contributed by atoms with Crippen LogP contribution >= 0.6 is 0 Å². The monoisotopic (exact) mass is 382 g/mol. The second-order valence-electron chi connectivity index (χ2n) is 8.51. The summed E-state index contributed by atoms with van der Waals surface area (Å²) in [5.74, 6) is -0.822. The summed E-state index contributed by atoms with van der Waals surface area (Å²) >= 11 is 0. The molecule has 1 aliphatic carbocycles. The highest BCUT2D eigenvalue weighted by molar-refractivity contribution is 5.91. The minimum absolute atomic E-state index is 0.475. The number of hydrogen-bond acceptors (Lipinski definition) is 2. The molecule has 152 valence electrons. The first-order chi connectivity index (χ1) is 13.3. The molecule has 0 radical (unpaired) electrons. The number of carboxylic acids is 1. The fraction of sp³-hybridized carbons (Fsp3) is 0.542. The Labute approximate surface area is 169 Å². The largest absolute Gasteiger partial charge is 0.478 e. The topological polar surface area (TPSA) is 54.3 Å². The lowest BCUT2D eigenvalue weighted by Crippen LogP contribution is -2.31. The van der Waals surface area contributed by atoms with E-state index in [1.54, 1.807) is 0 Å². The summed E-state index contributed by atoms with van der Waals surface area (Å²) in [7, 11) is 0. The zero-order valence-electron chi connectivity index (χ0n) is 18.0. The fourth-order valence-electron chi connectivity index (χ4n) is 4.86. The maximum Gasteiger partial charge on any atom is 0.337 e. The minimum atomic E-state index is -0.822. The molecular formula is C24H34N2O2. The van der Waals surface area contributed by atoms with Crippen molar-refractivity contribution in [2.45, 2.75) is 85.9 Å². The van der Waals surface area contributed by atoms with Gasteiger partial charge in [-0.2, -0.15) is 0 Å². The van der Waals surface area contributed by atoms with Crippen LogP contribution in [0.1, 0.15) is 81.7 Å². The van der Waals surface area contributed by atoms with E-state index in [2.05, 4.69) is 49.7 Å². The fourth-order valence-corrected chi connectivity index (χ4v) is 4.86. The average Bonchev–Trinajstić information content (AvgIpc) is 2.87. The number of rotatable bonds is 6. The van der Waals surface area contributed by atoms with Crippen LogP contribution in [0.2, 0.25) is 0 Å². The van der Waals surface area contributed by atoms with E-state index in [-0.39, 0.29) is 0 Å². The highest BCUT2D eigenvalue weighted by Crippen LogP contribution is 2.27. The lowest BCUT2D eigenvalue weighted by molar-refractivity contribution is 0.0694. The van der Waals surface area contributed by atoms with Gasteiger partial charge in [-0.1, -0.05) is 37.0 Å². The van der Waals surface area contributed by atoms with E-state index in [0.717, 1.165) is 23.5 Å². The molecule has 0 unspecified atom stereocenters. The molecule has 1 aromatic heterocycles. The summed E-state index contributed by atoms with van der Waals surface area (Å²) in [6.07, 6.45) is 6.26. The Hall–Kier alpha value is -2.07. The summed E-state index contributed by atoms with van der Waals surface area (Å²) in [5.41, 5.74) is 8.43. The van der Waals surface area contributed by atoms with Crippen molar-refractivity contribution in [3.63, 3.8) is 0 Å². The zero-order valence-corrected chi connectivity index (χ0v) is 18.0. The molecule has 4 heteroatoms. The van der Waals surface area contributed by atoms with Crippen molar-refractivity contribution in [1.29, 1.82) is 0 Å². The van der Waals surface area contributed by atoms with Crippen molar-refractivity contribution in [2.75, 3.05) is 0 Å². The van der Waals surface area contributed by atoms with E-state index in [1.807, 2.05) is 6.92 Å². The number of hydrogen-bond donors (Lipinski definition) is 2. The van der Waals surface area contributed by atoms with Gasteiger partial charge in [0, 0.05) is 36.1 Å². The molecule has 2 aromatic rings. The summed E-state index contributed by atoms with van der Waals surface area (Å²) in [4.78, 5) is 12.0. The van der Waals surface area contributed by atoms with Crippen LogP contribution in [0, 0.1) is 34.6 Å². The van der Waals surface area contributed by atoms with Gasteiger partial charge in [0.1, 0.15) is 0 Å². The average molecular weight is 383 g/mol. The number of carbonyl (C=O) groups is 1. The van der Waals surface area contributed by atoms with E-state index >= 15 is 0 Å². The van der Waals surface area contributed by atoms with Crippen LogP contribution < -0.4 is 5.32 Å². The van der Waals surface area contributed by atoms with Crippen molar-refractivity contribution < 1.29 is 9.90 Å². The summed E-state index contributed by atoms with van der Waals surface area (Å²) in [6.45, 7) is 11.8. The van der Waals surface area contributed by atoms with Crippen molar-refractivity contribution in [2.24, 2.45) is 0 Å². The Morgan fingerprint density at radius 1 is 1.00 bits per heavy atom. The molecule has 3 rings (SSSR count). The maximum atomic E-state index is 12.0. The van der Waals surface area contributed by atoms with Gasteiger partial charge in [-0.25, -0.2) is 4.79 Å². The Morgan fingerprint density at radius 2 is 1.61 bits per heavy atom. The van der Waals surface area contributed by atoms with Gasteiger partial charge in [0.2, 0.25) is 0 Å². The van der Waals surface area contributed by atoms with Crippen LogP contribution in [0.3, 0.4) is 0 Å². The first-order valence-electron chi connectivity index (χ1n) is 10.5. The number of nitrogens with one attached hydrogen (secondary N) is 1. The second kappa shape index (κ2) is 8.52. The van der Waals surface area contributed by atoms with Crippen LogP contribution in [0.5, 0.6) is 0 Å². The van der Waals surface area contributed by atoms with Crippen molar-refractivity contribution >= 4 is 5.97 Å². The molecule has 0 bridgehead atoms. The number of carboxylic acid groups (broad SMARTS) is 1. The first-order valence-corrected chi connectivity index (χ1v) is 10.5. The minimum Gasteiger partial charge on any atom is -0.478 e. The highest BCUT2D eigenvalue weighted by atomic mass is 16.4. The van der Waals surface area contributed by atoms with Crippen LogP contribution in [-0.2, 0) is 13.1 Å². The molecule has 1 aliphatic rings. The number of aromatic nitrogens is 1. The number of aryl methyl sites for hydroxylation is 3. The smallest absolute Gasteiger partial charge is 0.337 e. The second-order valence-corrected chi connectivity index (χ2v) is 8.51. The predicted octanol–water partition coefficient (Wildman–Crippen LogP) is 5.20. The molecule has 1 aromatic carbocycles. The normalized spacial score (nSPS) is 15.2. The van der Waals surface area contributed by atoms with Gasteiger partial charge in [0.05, 0.1) is 5.56 Å². The SMILES string of the molecule is Cc1cc(C)c(Cn2c(C)c(CNC3CCCCC3)c(C(=O)O)c2C)c(C)c1. The molecule has 0 aliphatic heterocycles. The number of aromatic carboxylic acids is 1. The molecular weight excluding hydrogens is 348 g/mol. The highest BCUT2D eigenvalue weighted by Gasteiger charge is 2.24. The molecule has 4 nitrogen and oxygen atoms in total. The molecule has 0 spiro atoms. The van der Waals surface area contributed by atoms with Crippen LogP contribution in [0.4, 0.5) is 0 Å². The van der Waals surface area contributed by atoms with Crippen LogP contribution in [0.15, 0.2) is 12.1 Å². The molecule has 0 amide bonds. The van der Waals surface area contributed by atoms with Crippen molar-refractivity contribution in [3.05, 3.63) is 56.9 Å². The number of nitrogens with zero attached hydrogens (tertiary/aromatic N) is 1. The summed E-state index contributed by atoms with van der Waals surface area (Å²) in [5, 5.41) is 13.5. The van der Waals surface area contributed by atoms with E-state index in [9.17, 15) is 9.90 Å². The van der Waals surface area contributed by atoms with Gasteiger partial charge in [-0.05, 0) is 64.2 Å². The lowest BCUT2D eigenvalue weighted by Gasteiger charge is -2.23. The lowest BCUT2D eigenvalue weighted by atomic mass is 9.95. The third kappa shape index (κ3) is 4.17. The Balaban J connectivity index is 1.93. The summed E-state index contributed by atoms with van der Waals surface area (Å²) in [6, 6.07) is 4.93. The molecule has 0 atom stereocenters. The number of benzene rings is 1. The van der Waals surface area contributed by atoms with Gasteiger partial charge in [-0.3, -0.25) is 0 Å².